The Hall–Kier alpha value is -0.800. The second kappa shape index (κ2) is 5.77. The molecule has 1 aromatic rings. The van der Waals surface area contributed by atoms with E-state index in [2.05, 4.69) is 15.9 Å². The molecule has 0 spiro atoms. The van der Waals surface area contributed by atoms with Crippen molar-refractivity contribution in [1.29, 1.82) is 0 Å². The van der Waals surface area contributed by atoms with E-state index in [0.29, 0.717) is 5.69 Å². The van der Waals surface area contributed by atoms with Crippen molar-refractivity contribution in [3.05, 3.63) is 22.7 Å². The van der Waals surface area contributed by atoms with Crippen molar-refractivity contribution >= 4 is 31.6 Å². The van der Waals surface area contributed by atoms with E-state index < -0.39 is 28.7 Å². The quantitative estimate of drug-likeness (QED) is 0.794. The van der Waals surface area contributed by atoms with E-state index in [1.165, 1.54) is 18.2 Å². The summed E-state index contributed by atoms with van der Waals surface area (Å²) in [6.07, 6.45) is -4.24. The Bertz CT molecular complexity index is 634. The minimum atomic E-state index is -4.38. The van der Waals surface area contributed by atoms with E-state index in [4.69, 9.17) is 5.73 Å². The fraction of sp³-hybridized carbons (Fsp3) is 0.500. The van der Waals surface area contributed by atoms with Gasteiger partial charge in [0.1, 0.15) is 0 Å². The second-order valence-electron chi connectivity index (χ2n) is 4.93. The third kappa shape index (κ3) is 3.51. The largest absolute Gasteiger partial charge is 0.399 e. The van der Waals surface area contributed by atoms with Gasteiger partial charge in [0.2, 0.25) is 10.0 Å². The van der Waals surface area contributed by atoms with Gasteiger partial charge < -0.3 is 5.73 Å². The summed E-state index contributed by atoms with van der Waals surface area (Å²) < 4.78 is 64.5. The number of halogens is 4. The molecular weight excluding hydrogens is 373 g/mol. The van der Waals surface area contributed by atoms with Gasteiger partial charge in [-0.25, -0.2) is 8.42 Å². The van der Waals surface area contributed by atoms with Gasteiger partial charge in [0, 0.05) is 23.2 Å². The first-order valence-electron chi connectivity index (χ1n) is 6.24. The van der Waals surface area contributed by atoms with Crippen LogP contribution in [0.1, 0.15) is 12.8 Å². The molecule has 9 heteroatoms. The number of anilines is 1. The first-order valence-corrected chi connectivity index (χ1v) is 8.47. The molecule has 1 saturated heterocycles. The first kappa shape index (κ1) is 16.6. The molecule has 118 valence electrons. The molecule has 2 rings (SSSR count). The fourth-order valence-corrected chi connectivity index (χ4v) is 4.87. The summed E-state index contributed by atoms with van der Waals surface area (Å²) in [5.74, 6) is -1.62. The highest BCUT2D eigenvalue weighted by molar-refractivity contribution is 9.10. The predicted molar refractivity (Wildman–Crippen MR) is 76.1 cm³/mol. The van der Waals surface area contributed by atoms with Crippen molar-refractivity contribution in [2.75, 3.05) is 18.8 Å². The Labute approximate surface area is 129 Å². The molecule has 1 fully saturated rings. The van der Waals surface area contributed by atoms with Gasteiger partial charge in [-0.05, 0) is 47.0 Å². The molecular formula is C12H14BrF3N2O2S. The minimum absolute atomic E-state index is 0.0432. The highest BCUT2D eigenvalue weighted by Gasteiger charge is 2.44. The van der Waals surface area contributed by atoms with Crippen molar-refractivity contribution in [1.82, 2.24) is 4.31 Å². The Morgan fingerprint density at radius 3 is 2.57 bits per heavy atom. The maximum Gasteiger partial charge on any atom is 0.393 e. The van der Waals surface area contributed by atoms with Crippen LogP contribution in [0.5, 0.6) is 0 Å². The predicted octanol–water partition coefficient (Wildman–Crippen LogP) is 2.99. The van der Waals surface area contributed by atoms with Crippen LogP contribution in [0.15, 0.2) is 27.6 Å². The monoisotopic (exact) mass is 386 g/mol. The van der Waals surface area contributed by atoms with Gasteiger partial charge in [0.15, 0.2) is 0 Å². The smallest absolute Gasteiger partial charge is 0.393 e. The molecule has 0 radical (unpaired) electrons. The Balaban J connectivity index is 2.31. The molecule has 0 saturated carbocycles. The van der Waals surface area contributed by atoms with Crippen LogP contribution in [0.4, 0.5) is 18.9 Å². The summed E-state index contributed by atoms with van der Waals surface area (Å²) >= 11 is 3.10. The summed E-state index contributed by atoms with van der Waals surface area (Å²) in [6, 6.07) is 4.12. The van der Waals surface area contributed by atoms with Gasteiger partial charge in [-0.3, -0.25) is 0 Å². The van der Waals surface area contributed by atoms with Crippen LogP contribution < -0.4 is 5.73 Å². The van der Waals surface area contributed by atoms with Crippen LogP contribution in [0.25, 0.3) is 0 Å². The highest BCUT2D eigenvalue weighted by Crippen LogP contribution is 2.36. The van der Waals surface area contributed by atoms with Gasteiger partial charge in [0.25, 0.3) is 0 Å². The van der Waals surface area contributed by atoms with E-state index in [1.54, 1.807) is 0 Å². The number of alkyl halides is 3. The molecule has 4 nitrogen and oxygen atoms in total. The number of hydrogen-bond acceptors (Lipinski definition) is 3. The second-order valence-corrected chi connectivity index (χ2v) is 7.69. The molecule has 0 amide bonds. The highest BCUT2D eigenvalue weighted by atomic mass is 79.9. The molecule has 1 aromatic carbocycles. The third-order valence-corrected chi connectivity index (χ3v) is 6.26. The molecule has 1 atom stereocenters. The van der Waals surface area contributed by atoms with E-state index in [-0.39, 0.29) is 28.8 Å². The van der Waals surface area contributed by atoms with Crippen LogP contribution in [0.3, 0.4) is 0 Å². The summed E-state index contributed by atoms with van der Waals surface area (Å²) in [5.41, 5.74) is 5.91. The molecule has 1 aliphatic heterocycles. The van der Waals surface area contributed by atoms with Gasteiger partial charge in [-0.2, -0.15) is 17.5 Å². The van der Waals surface area contributed by atoms with Crippen molar-refractivity contribution in [3.8, 4) is 0 Å². The number of rotatable bonds is 2. The topological polar surface area (TPSA) is 63.4 Å². The maximum atomic E-state index is 12.8. The summed E-state index contributed by atoms with van der Waals surface area (Å²) in [4.78, 5) is -0.0699. The van der Waals surface area contributed by atoms with Crippen LogP contribution in [0, 0.1) is 5.92 Å². The lowest BCUT2D eigenvalue weighted by molar-refractivity contribution is -0.182. The van der Waals surface area contributed by atoms with Gasteiger partial charge in [-0.15, -0.1) is 0 Å². The summed E-state index contributed by atoms with van der Waals surface area (Å²) in [6.45, 7) is -0.450. The van der Waals surface area contributed by atoms with E-state index in [1.807, 2.05) is 0 Å². The molecule has 21 heavy (non-hydrogen) atoms. The molecule has 1 aliphatic rings. The molecule has 1 heterocycles. The lowest BCUT2D eigenvalue weighted by atomic mass is 9.99. The number of nitrogen functional groups attached to an aromatic ring is 1. The van der Waals surface area contributed by atoms with E-state index in [9.17, 15) is 21.6 Å². The van der Waals surface area contributed by atoms with Crippen LogP contribution in [-0.2, 0) is 10.0 Å². The Morgan fingerprint density at radius 2 is 2.00 bits per heavy atom. The molecule has 2 N–H and O–H groups in total. The Morgan fingerprint density at radius 1 is 1.33 bits per heavy atom. The molecule has 0 aliphatic carbocycles. The minimum Gasteiger partial charge on any atom is -0.399 e. The number of hydrogen-bond donors (Lipinski definition) is 1. The van der Waals surface area contributed by atoms with Crippen LogP contribution in [-0.4, -0.2) is 32.0 Å². The third-order valence-electron chi connectivity index (χ3n) is 3.42. The molecule has 0 aromatic heterocycles. The number of piperidine rings is 1. The van der Waals surface area contributed by atoms with Gasteiger partial charge in [0.05, 0.1) is 10.8 Å². The molecule has 1 unspecified atom stereocenters. The van der Waals surface area contributed by atoms with Crippen molar-refractivity contribution < 1.29 is 21.6 Å². The summed E-state index contributed by atoms with van der Waals surface area (Å²) in [5, 5.41) is 0. The summed E-state index contributed by atoms with van der Waals surface area (Å²) in [7, 11) is -3.97. The number of nitrogens with two attached hydrogens (primary N) is 1. The van der Waals surface area contributed by atoms with Gasteiger partial charge in [-0.1, -0.05) is 0 Å². The van der Waals surface area contributed by atoms with Crippen molar-refractivity contribution in [2.24, 2.45) is 5.92 Å². The van der Waals surface area contributed by atoms with Crippen molar-refractivity contribution in [3.63, 3.8) is 0 Å². The van der Waals surface area contributed by atoms with E-state index >= 15 is 0 Å². The zero-order valence-corrected chi connectivity index (χ0v) is 13.3. The number of benzene rings is 1. The SMILES string of the molecule is Nc1ccc(S(=O)(=O)N2CCCC(C(F)(F)F)C2)c(Br)c1. The molecule has 0 bridgehead atoms. The standard InChI is InChI=1S/C12H14BrF3N2O2S/c13-10-6-9(17)3-4-11(10)21(19,20)18-5-1-2-8(7-18)12(14,15)16/h3-4,6,8H,1-2,5,7,17H2. The lowest BCUT2D eigenvalue weighted by Crippen LogP contribution is -2.44. The fourth-order valence-electron chi connectivity index (χ4n) is 2.29. The lowest BCUT2D eigenvalue weighted by Gasteiger charge is -2.33. The maximum absolute atomic E-state index is 12.8. The van der Waals surface area contributed by atoms with Crippen molar-refractivity contribution in [2.45, 2.75) is 23.9 Å². The number of nitrogens with zero attached hydrogens (tertiary/aromatic N) is 1. The van der Waals surface area contributed by atoms with Gasteiger partial charge >= 0.3 is 6.18 Å². The Kier molecular flexibility index (Phi) is 4.55. The average Bonchev–Trinajstić information content (AvgIpc) is 2.37. The first-order chi connectivity index (χ1) is 9.62. The zero-order valence-electron chi connectivity index (χ0n) is 10.9. The average molecular weight is 387 g/mol. The van der Waals surface area contributed by atoms with E-state index in [0.717, 1.165) is 4.31 Å². The zero-order chi connectivity index (χ0) is 15.8. The van der Waals surface area contributed by atoms with Crippen LogP contribution in [0.2, 0.25) is 0 Å². The normalized spacial score (nSPS) is 21.4. The number of sulfonamides is 1. The van der Waals surface area contributed by atoms with Crippen LogP contribution >= 0.6 is 15.9 Å².